The number of halogens is 1. The van der Waals surface area contributed by atoms with Gasteiger partial charge in [0.15, 0.2) is 0 Å². The maximum atomic E-state index is 8.49. The number of rotatable bonds is 9. The number of hydrogen-bond donors (Lipinski definition) is 0. The molecule has 63 heavy (non-hydrogen) atoms. The Morgan fingerprint density at radius 1 is 0.190 bits per heavy atom. The second-order valence-corrected chi connectivity index (χ2v) is 22.0. The van der Waals surface area contributed by atoms with Crippen LogP contribution in [0.1, 0.15) is 0 Å². The smallest absolute Gasteiger partial charge is 0.222 e. The largest absolute Gasteiger partial charge is 1.00 e. The van der Waals surface area contributed by atoms with E-state index in [1.165, 1.54) is 47.7 Å². The predicted molar refractivity (Wildman–Crippen MR) is 260 cm³/mol. The maximum Gasteiger partial charge on any atom is 1.00 e. The van der Waals surface area contributed by atoms with E-state index in [0.29, 0.717) is 0 Å². The molecule has 0 atom stereocenters. The summed E-state index contributed by atoms with van der Waals surface area (Å²) >= 11 is 0. The molecule has 0 aliphatic heterocycles. The van der Waals surface area contributed by atoms with Crippen molar-refractivity contribution >= 4 is 71.5 Å². The van der Waals surface area contributed by atoms with Gasteiger partial charge in [0.25, 0.3) is 0 Å². The minimum atomic E-state index is -4.94. The van der Waals surface area contributed by atoms with Gasteiger partial charge in [0, 0.05) is 0 Å². The summed E-state index contributed by atoms with van der Waals surface area (Å²) in [7, 11) is -7.58. The molecule has 0 radical (unpaired) electrons. The van der Waals surface area contributed by atoms with Crippen molar-refractivity contribution in [1.82, 2.24) is 0 Å². The van der Waals surface area contributed by atoms with E-state index >= 15 is 0 Å². The van der Waals surface area contributed by atoms with Crippen molar-refractivity contribution in [3.63, 3.8) is 0 Å². The Balaban J connectivity index is 0.000000168. The number of benzene rings is 9. The molecule has 9 aromatic rings. The first kappa shape index (κ1) is 49.2. The van der Waals surface area contributed by atoms with Crippen molar-refractivity contribution < 1.29 is 51.3 Å². The SMILES string of the molecule is [Ag+].[O-][Cl+3]([O-])([O-])[O-].c1ccc([PH+](c2ccccc2)c2ccccc2)cc1.c1ccc([PH+](c2ccccc2)c2ccccc2)cc1.c1ccc([PH+](c2ccccc2)c2ccccc2)cc1. The van der Waals surface area contributed by atoms with Gasteiger partial charge in [0.2, 0.25) is 0 Å². The molecule has 318 valence electrons. The van der Waals surface area contributed by atoms with Crippen LogP contribution in [-0.4, -0.2) is 0 Å². The first-order valence-corrected chi connectivity index (χ1v) is 25.8. The molecule has 9 aromatic carbocycles. The second kappa shape index (κ2) is 26.7. The molecule has 0 heterocycles. The van der Waals surface area contributed by atoms with Crippen molar-refractivity contribution in [2.75, 3.05) is 0 Å². The van der Waals surface area contributed by atoms with Gasteiger partial charge in [-0.3, -0.25) is 0 Å². The van der Waals surface area contributed by atoms with E-state index in [-0.39, 0.29) is 22.4 Å². The minimum Gasteiger partial charge on any atom is -0.222 e. The molecule has 9 rings (SSSR count). The Morgan fingerprint density at radius 2 is 0.270 bits per heavy atom. The summed E-state index contributed by atoms with van der Waals surface area (Å²) in [5.41, 5.74) is 0. The average Bonchev–Trinajstić information content (AvgIpc) is 3.32. The summed E-state index contributed by atoms with van der Waals surface area (Å²) in [5, 5.41) is 12.9. The van der Waals surface area contributed by atoms with Gasteiger partial charge in [-0.25, -0.2) is 18.6 Å². The van der Waals surface area contributed by atoms with Gasteiger partial charge in [0.05, 0.1) is 23.8 Å². The molecule has 0 N–H and O–H groups in total. The first-order valence-electron chi connectivity index (χ1n) is 20.1. The Labute approximate surface area is 393 Å². The fraction of sp³-hybridized carbons (Fsp3) is 0. The van der Waals surface area contributed by atoms with Crippen LogP contribution in [-0.2, 0) is 22.4 Å². The molecule has 4 nitrogen and oxygen atoms in total. The van der Waals surface area contributed by atoms with Crippen LogP contribution in [0, 0.1) is 10.2 Å². The van der Waals surface area contributed by atoms with E-state index in [2.05, 4.69) is 273 Å². The van der Waals surface area contributed by atoms with Crippen molar-refractivity contribution in [1.29, 1.82) is 0 Å². The third-order valence-corrected chi connectivity index (χ3v) is 17.8. The van der Waals surface area contributed by atoms with E-state index in [4.69, 9.17) is 18.6 Å². The van der Waals surface area contributed by atoms with Gasteiger partial charge in [-0.1, -0.05) is 164 Å². The van der Waals surface area contributed by atoms with Crippen LogP contribution in [0.25, 0.3) is 0 Å². The molecule has 0 aromatic heterocycles. The fourth-order valence-corrected chi connectivity index (χ4v) is 14.7. The van der Waals surface area contributed by atoms with Gasteiger partial charge in [-0.15, -0.1) is 10.2 Å². The molecule has 0 bridgehead atoms. The summed E-state index contributed by atoms with van der Waals surface area (Å²) < 4.78 is 34.0. The normalized spacial score (nSPS) is 10.5. The van der Waals surface area contributed by atoms with Gasteiger partial charge < -0.3 is 0 Å². The standard InChI is InChI=1S/3C18H15P.Ag.ClHO4/c3*1-4-10-16(11-5-1)19(17-12-6-2-7-13-17)18-14-8-3-9-15-18;;2-1(3,4)5/h3*1-15H;;(H,2,3,4,5)/q;;;+1;/p+2. The maximum absolute atomic E-state index is 8.49. The topological polar surface area (TPSA) is 92.2 Å². The molecule has 0 spiro atoms. The quantitative estimate of drug-likeness (QED) is 0.154. The van der Waals surface area contributed by atoms with Crippen LogP contribution in [0.2, 0.25) is 0 Å². The van der Waals surface area contributed by atoms with E-state index < -0.39 is 34.0 Å². The van der Waals surface area contributed by atoms with Crippen LogP contribution >= 0.6 is 23.8 Å². The molecule has 0 amide bonds. The number of hydrogen-bond acceptors (Lipinski definition) is 4. The molecule has 0 saturated heterocycles. The van der Waals surface area contributed by atoms with E-state index in [9.17, 15) is 0 Å². The van der Waals surface area contributed by atoms with E-state index in [0.717, 1.165) is 0 Å². The molecular formula is C54H48AgClO4P3+3. The van der Waals surface area contributed by atoms with Crippen molar-refractivity contribution in [2.45, 2.75) is 0 Å². The Morgan fingerprint density at radius 3 is 0.349 bits per heavy atom. The molecule has 0 aliphatic rings. The van der Waals surface area contributed by atoms with Gasteiger partial charge in [-0.05, 0) is 109 Å². The minimum absolute atomic E-state index is 0. The van der Waals surface area contributed by atoms with Crippen molar-refractivity contribution in [2.24, 2.45) is 0 Å². The van der Waals surface area contributed by atoms with Crippen molar-refractivity contribution in [3.05, 3.63) is 273 Å². The molecule has 0 saturated carbocycles. The predicted octanol–water partition coefficient (Wildman–Crippen LogP) is 4.77. The summed E-state index contributed by atoms with van der Waals surface area (Å²) in [5.74, 6) is 0. The van der Waals surface area contributed by atoms with Crippen LogP contribution in [0.5, 0.6) is 0 Å². The van der Waals surface area contributed by atoms with E-state index in [1.807, 2.05) is 0 Å². The Kier molecular flexibility index (Phi) is 20.8. The van der Waals surface area contributed by atoms with Crippen molar-refractivity contribution in [3.8, 4) is 0 Å². The molecule has 0 unspecified atom stereocenters. The van der Waals surface area contributed by atoms with Gasteiger partial charge >= 0.3 is 22.4 Å². The van der Waals surface area contributed by atoms with Gasteiger partial charge in [0.1, 0.15) is 47.7 Å². The average molecular weight is 997 g/mol. The third-order valence-electron chi connectivity index (χ3n) is 9.56. The Hall–Kier alpha value is -4.86. The zero-order valence-electron chi connectivity index (χ0n) is 34.3. The van der Waals surface area contributed by atoms with Gasteiger partial charge in [-0.2, -0.15) is 0 Å². The molecule has 0 aliphatic carbocycles. The summed E-state index contributed by atoms with van der Waals surface area (Å²) in [6.07, 6.45) is 0. The van der Waals surface area contributed by atoms with E-state index in [1.54, 1.807) is 0 Å². The third kappa shape index (κ3) is 16.3. The first-order chi connectivity index (χ1) is 30.3. The molecule has 9 heteroatoms. The monoisotopic (exact) mass is 995 g/mol. The van der Waals surface area contributed by atoms with Crippen LogP contribution in [0.3, 0.4) is 0 Å². The second-order valence-electron chi connectivity index (χ2n) is 13.8. The summed E-state index contributed by atoms with van der Waals surface area (Å²) in [6, 6.07) is 97.5. The molecular weight excluding hydrogens is 949 g/mol. The fourth-order valence-electron chi connectivity index (χ4n) is 6.94. The van der Waals surface area contributed by atoms with Crippen LogP contribution < -0.4 is 66.4 Å². The molecule has 0 fully saturated rings. The van der Waals surface area contributed by atoms with Crippen LogP contribution in [0.4, 0.5) is 0 Å². The summed E-state index contributed by atoms with van der Waals surface area (Å²) in [6.45, 7) is 0. The Bertz CT molecular complexity index is 1980. The zero-order valence-corrected chi connectivity index (χ0v) is 39.5. The summed E-state index contributed by atoms with van der Waals surface area (Å²) in [4.78, 5) is 0. The zero-order chi connectivity index (χ0) is 43.2. The van der Waals surface area contributed by atoms with Crippen LogP contribution in [0.15, 0.2) is 273 Å².